The van der Waals surface area contributed by atoms with Crippen LogP contribution in [0.2, 0.25) is 0 Å². The first-order valence-electron chi connectivity index (χ1n) is 7.54. The molecular formula is C20H31I2V-. The van der Waals surface area contributed by atoms with E-state index in [2.05, 4.69) is 116 Å². The van der Waals surface area contributed by atoms with E-state index in [1.54, 1.807) is 0 Å². The molecule has 0 aliphatic rings. The average molecular weight is 576 g/mol. The topological polar surface area (TPSA) is 0 Å². The van der Waals surface area contributed by atoms with Crippen LogP contribution in [0.15, 0.2) is 48.5 Å². The molecule has 0 fully saturated rings. The van der Waals surface area contributed by atoms with Crippen LogP contribution in [0.5, 0.6) is 0 Å². The van der Waals surface area contributed by atoms with E-state index in [4.69, 9.17) is 0 Å². The van der Waals surface area contributed by atoms with Crippen molar-refractivity contribution in [3.8, 4) is 0 Å². The van der Waals surface area contributed by atoms with E-state index >= 15 is 0 Å². The number of aryl methyl sites for hydroxylation is 4. The predicted octanol–water partition coefficient (Wildman–Crippen LogP) is 8.11. The molecule has 0 amide bonds. The fourth-order valence-electron chi connectivity index (χ4n) is 1.46. The van der Waals surface area contributed by atoms with E-state index in [0.29, 0.717) is 9.47 Å². The van der Waals surface area contributed by atoms with Crippen molar-refractivity contribution in [3.05, 3.63) is 78.2 Å². The predicted molar refractivity (Wildman–Crippen MR) is 122 cm³/mol. The Morgan fingerprint density at radius 1 is 0.696 bits per heavy atom. The van der Waals surface area contributed by atoms with Crippen molar-refractivity contribution in [2.75, 3.05) is 0 Å². The third-order valence-electron chi connectivity index (χ3n) is 2.75. The Balaban J connectivity index is -0.000000265. The van der Waals surface area contributed by atoms with Gasteiger partial charge < -0.3 is 7.43 Å². The summed E-state index contributed by atoms with van der Waals surface area (Å²) in [4.78, 5) is 0. The van der Waals surface area contributed by atoms with Gasteiger partial charge >= 0.3 is 49.4 Å². The fraction of sp³-hybridized carbons (Fsp3) is 0.350. The van der Waals surface area contributed by atoms with Gasteiger partial charge in [0, 0.05) is 0 Å². The van der Waals surface area contributed by atoms with Crippen LogP contribution in [0, 0.1) is 28.2 Å². The van der Waals surface area contributed by atoms with Crippen molar-refractivity contribution in [2.24, 2.45) is 0 Å². The van der Waals surface area contributed by atoms with E-state index in [0.717, 1.165) is 6.42 Å². The van der Waals surface area contributed by atoms with Gasteiger partial charge in [0.1, 0.15) is 0 Å². The molecule has 0 nitrogen and oxygen atoms in total. The van der Waals surface area contributed by atoms with Gasteiger partial charge in [0.2, 0.25) is 0 Å². The Kier molecular flexibility index (Phi) is 25.3. The number of halogens is 2. The third-order valence-corrected chi connectivity index (χ3v) is 2.75. The van der Waals surface area contributed by atoms with Crippen molar-refractivity contribution < 1.29 is 9.47 Å². The molecule has 0 aromatic heterocycles. The van der Waals surface area contributed by atoms with Crippen LogP contribution in [-0.2, 0) is 15.9 Å². The van der Waals surface area contributed by atoms with Gasteiger partial charge in [-0.3, -0.25) is 0 Å². The maximum absolute atomic E-state index is 2.37. The van der Waals surface area contributed by atoms with Crippen molar-refractivity contribution in [1.29, 1.82) is 0 Å². The van der Waals surface area contributed by atoms with Gasteiger partial charge in [-0.1, -0.05) is 86.0 Å². The molecule has 2 rings (SSSR count). The van der Waals surface area contributed by atoms with Crippen molar-refractivity contribution in [3.63, 3.8) is 0 Å². The molecular weight excluding hydrogens is 545 g/mol. The van der Waals surface area contributed by atoms with E-state index < -0.39 is 0 Å². The summed E-state index contributed by atoms with van der Waals surface area (Å²) in [6, 6.07) is 17.1. The molecule has 0 saturated heterocycles. The van der Waals surface area contributed by atoms with Crippen LogP contribution in [0.4, 0.5) is 0 Å². The summed E-state index contributed by atoms with van der Waals surface area (Å²) in [5.74, 6) is 0. The van der Waals surface area contributed by atoms with Crippen LogP contribution in [0.25, 0.3) is 0 Å². The standard InChI is InChI=1S/C9H12.C8H10.C2H6.CH3.2HI.V/c1-3-9-6-4-8(2)5-7-9;1-7-3-5-8(2)6-4-7;1-2;;;;/h4-7H,3H2,1-2H3;3-6H,1-2H3;1-2H3;1H3;2*1H;/q;;;-1;;;+2/p-2. The van der Waals surface area contributed by atoms with Crippen molar-refractivity contribution in [2.45, 2.75) is 48.0 Å². The zero-order valence-corrected chi connectivity index (χ0v) is 21.2. The van der Waals surface area contributed by atoms with Gasteiger partial charge in [-0.25, -0.2) is 0 Å². The molecule has 0 aliphatic carbocycles. The molecule has 0 saturated carbocycles. The first-order valence-corrected chi connectivity index (χ1v) is 16.6. The molecule has 131 valence electrons. The minimum absolute atomic E-state index is 0. The Morgan fingerprint density at radius 2 is 0.913 bits per heavy atom. The van der Waals surface area contributed by atoms with E-state index in [-0.39, 0.29) is 7.43 Å². The van der Waals surface area contributed by atoms with Crippen LogP contribution in [0.1, 0.15) is 43.0 Å². The normalized spacial score (nSPS) is 7.83. The van der Waals surface area contributed by atoms with E-state index in [9.17, 15) is 0 Å². The van der Waals surface area contributed by atoms with Gasteiger partial charge in [-0.05, 0) is 32.8 Å². The number of benzene rings is 2. The zero-order chi connectivity index (χ0) is 17.4. The quantitative estimate of drug-likeness (QED) is 0.238. The number of hydrogen-bond donors (Lipinski definition) is 0. The third kappa shape index (κ3) is 18.7. The number of hydrogen-bond acceptors (Lipinski definition) is 0. The summed E-state index contributed by atoms with van der Waals surface area (Å²) in [7, 11) is 0.628. The Hall–Kier alpha value is 0.484. The molecule has 2 aromatic rings. The Bertz CT molecular complexity index is 429. The summed E-state index contributed by atoms with van der Waals surface area (Å²) in [5.41, 5.74) is 5.42. The van der Waals surface area contributed by atoms with Crippen molar-refractivity contribution >= 4 is 40.0 Å². The molecule has 23 heavy (non-hydrogen) atoms. The van der Waals surface area contributed by atoms with Gasteiger partial charge in [0.25, 0.3) is 0 Å². The van der Waals surface area contributed by atoms with Crippen LogP contribution in [0.3, 0.4) is 0 Å². The molecule has 3 heteroatoms. The van der Waals surface area contributed by atoms with Crippen molar-refractivity contribution in [1.82, 2.24) is 0 Å². The van der Waals surface area contributed by atoms with Crippen LogP contribution in [-0.4, -0.2) is 0 Å². The molecule has 0 spiro atoms. The summed E-state index contributed by atoms with van der Waals surface area (Å²) < 4.78 is 0. The summed E-state index contributed by atoms with van der Waals surface area (Å²) in [6.07, 6.45) is 1.14. The molecule has 0 radical (unpaired) electrons. The summed E-state index contributed by atoms with van der Waals surface area (Å²) >= 11 is 4.74. The van der Waals surface area contributed by atoms with Crippen LogP contribution >= 0.6 is 40.0 Å². The summed E-state index contributed by atoms with van der Waals surface area (Å²) in [6.45, 7) is 12.5. The molecule has 0 N–H and O–H groups in total. The summed E-state index contributed by atoms with van der Waals surface area (Å²) in [5, 5.41) is 0. The maximum atomic E-state index is 2.37. The van der Waals surface area contributed by atoms with E-state index in [1.807, 2.05) is 13.8 Å². The van der Waals surface area contributed by atoms with E-state index in [1.165, 1.54) is 22.3 Å². The Morgan fingerprint density at radius 3 is 1.13 bits per heavy atom. The second-order valence-electron chi connectivity index (χ2n) is 4.56. The van der Waals surface area contributed by atoms with Gasteiger partial charge in [0.05, 0.1) is 0 Å². The molecule has 0 unspecified atom stereocenters. The molecule has 0 bridgehead atoms. The monoisotopic (exact) mass is 576 g/mol. The zero-order valence-electron chi connectivity index (χ0n) is 15.5. The number of rotatable bonds is 1. The first-order chi connectivity index (χ1) is 10.5. The second kappa shape index (κ2) is 20.5. The van der Waals surface area contributed by atoms with Crippen LogP contribution < -0.4 is 0 Å². The molecule has 0 aliphatic heterocycles. The Labute approximate surface area is 174 Å². The first kappa shape index (κ1) is 28.3. The minimum atomic E-state index is 0. The fourth-order valence-corrected chi connectivity index (χ4v) is 1.46. The van der Waals surface area contributed by atoms with Gasteiger partial charge in [-0.2, -0.15) is 0 Å². The SMILES string of the molecule is CC.CCc1ccc(C)cc1.Cc1ccc(C)cc1.[CH3-].[I][V][I]. The average Bonchev–Trinajstić information content (AvgIpc) is 2.54. The molecule has 0 atom stereocenters. The molecule has 0 heterocycles. The van der Waals surface area contributed by atoms with Gasteiger partial charge in [0.15, 0.2) is 0 Å². The van der Waals surface area contributed by atoms with Gasteiger partial charge in [-0.15, -0.1) is 0 Å². The second-order valence-corrected chi connectivity index (χ2v) is 16.3. The molecule has 2 aromatic carbocycles.